The molecule has 7 heteroatoms. The average molecular weight is 369 g/mol. The van der Waals surface area contributed by atoms with Crippen molar-refractivity contribution in [3.63, 3.8) is 0 Å². The lowest BCUT2D eigenvalue weighted by molar-refractivity contribution is 0.384. The van der Waals surface area contributed by atoms with Crippen LogP contribution in [0.25, 0.3) is 0 Å². The summed E-state index contributed by atoms with van der Waals surface area (Å²) in [7, 11) is -3.46. The maximum absolute atomic E-state index is 13.2. The van der Waals surface area contributed by atoms with Crippen LogP contribution in [-0.2, 0) is 15.8 Å². The largest absolute Gasteiger partial charge is 0.368 e. The van der Waals surface area contributed by atoms with Crippen molar-refractivity contribution in [1.82, 2.24) is 4.31 Å². The first-order valence-corrected chi connectivity index (χ1v) is 9.66. The molecule has 0 N–H and O–H groups in total. The zero-order valence-electron chi connectivity index (χ0n) is 13.0. The van der Waals surface area contributed by atoms with Crippen molar-refractivity contribution in [2.24, 2.45) is 0 Å². The smallest absolute Gasteiger partial charge is 0.218 e. The highest BCUT2D eigenvalue weighted by Gasteiger charge is 2.27. The standard InChI is InChI=1S/C17H18ClFN2O2S/c18-16-6-1-2-7-17(16)20-8-10-21(11-9-20)24(22,23)13-14-4-3-5-15(19)12-14/h1-7,12H,8-11,13H2. The second-order valence-electron chi connectivity index (χ2n) is 5.72. The van der Waals surface area contributed by atoms with Crippen molar-refractivity contribution in [2.45, 2.75) is 5.75 Å². The van der Waals surface area contributed by atoms with Gasteiger partial charge in [-0.1, -0.05) is 35.9 Å². The van der Waals surface area contributed by atoms with Gasteiger partial charge >= 0.3 is 0 Å². The molecule has 2 aromatic rings. The number of hydrogen-bond donors (Lipinski definition) is 0. The third kappa shape index (κ3) is 3.88. The molecule has 1 saturated heterocycles. The minimum absolute atomic E-state index is 0.184. The van der Waals surface area contributed by atoms with Gasteiger partial charge in [-0.25, -0.2) is 12.8 Å². The van der Waals surface area contributed by atoms with Gasteiger partial charge in [0.05, 0.1) is 16.5 Å². The minimum atomic E-state index is -3.46. The van der Waals surface area contributed by atoms with Crippen LogP contribution in [0.5, 0.6) is 0 Å². The van der Waals surface area contributed by atoms with Gasteiger partial charge in [-0.2, -0.15) is 4.31 Å². The Morgan fingerprint density at radius 3 is 2.38 bits per heavy atom. The highest BCUT2D eigenvalue weighted by molar-refractivity contribution is 7.88. The maximum Gasteiger partial charge on any atom is 0.218 e. The summed E-state index contributed by atoms with van der Waals surface area (Å²) >= 11 is 6.20. The van der Waals surface area contributed by atoms with Gasteiger partial charge in [-0.3, -0.25) is 0 Å². The molecular weight excluding hydrogens is 351 g/mol. The van der Waals surface area contributed by atoms with E-state index in [9.17, 15) is 12.8 Å². The zero-order valence-corrected chi connectivity index (χ0v) is 14.6. The van der Waals surface area contributed by atoms with E-state index in [2.05, 4.69) is 4.90 Å². The van der Waals surface area contributed by atoms with Crippen LogP contribution in [0.15, 0.2) is 48.5 Å². The average Bonchev–Trinajstić information content (AvgIpc) is 2.55. The van der Waals surface area contributed by atoms with Crippen LogP contribution >= 0.6 is 11.6 Å². The van der Waals surface area contributed by atoms with E-state index >= 15 is 0 Å². The molecule has 0 aromatic heterocycles. The minimum Gasteiger partial charge on any atom is -0.368 e. The monoisotopic (exact) mass is 368 g/mol. The molecule has 2 aromatic carbocycles. The Labute approximate surface area is 146 Å². The van der Waals surface area contributed by atoms with Gasteiger partial charge in [-0.05, 0) is 29.8 Å². The molecule has 0 atom stereocenters. The summed E-state index contributed by atoms with van der Waals surface area (Å²) in [5.74, 6) is -0.608. The molecule has 1 aliphatic rings. The summed E-state index contributed by atoms with van der Waals surface area (Å²) < 4.78 is 39.8. The van der Waals surface area contributed by atoms with E-state index < -0.39 is 15.8 Å². The van der Waals surface area contributed by atoms with Gasteiger partial charge in [-0.15, -0.1) is 0 Å². The van der Waals surface area contributed by atoms with Crippen molar-refractivity contribution in [2.75, 3.05) is 31.1 Å². The van der Waals surface area contributed by atoms with E-state index in [1.54, 1.807) is 6.07 Å². The number of piperazine rings is 1. The number of sulfonamides is 1. The van der Waals surface area contributed by atoms with Crippen molar-refractivity contribution >= 4 is 27.3 Å². The van der Waals surface area contributed by atoms with Gasteiger partial charge in [0.2, 0.25) is 10.0 Å². The SMILES string of the molecule is O=S(=O)(Cc1cccc(F)c1)N1CCN(c2ccccc2Cl)CC1. The third-order valence-corrected chi connectivity index (χ3v) is 6.23. The van der Waals surface area contributed by atoms with Crippen LogP contribution < -0.4 is 4.90 Å². The fraction of sp³-hybridized carbons (Fsp3) is 0.294. The van der Waals surface area contributed by atoms with Gasteiger partial charge in [0.25, 0.3) is 0 Å². The normalized spacial score (nSPS) is 16.3. The molecule has 4 nitrogen and oxygen atoms in total. The number of halogens is 2. The van der Waals surface area contributed by atoms with E-state index in [0.29, 0.717) is 36.8 Å². The van der Waals surface area contributed by atoms with E-state index in [0.717, 1.165) is 5.69 Å². The van der Waals surface area contributed by atoms with Gasteiger partial charge in [0, 0.05) is 26.2 Å². The lowest BCUT2D eigenvalue weighted by Crippen LogP contribution is -2.49. The Morgan fingerprint density at radius 1 is 1.00 bits per heavy atom. The van der Waals surface area contributed by atoms with Crippen LogP contribution in [0.3, 0.4) is 0 Å². The molecule has 1 fully saturated rings. The highest BCUT2D eigenvalue weighted by Crippen LogP contribution is 2.26. The van der Waals surface area contributed by atoms with Gasteiger partial charge in [0.1, 0.15) is 5.82 Å². The first-order chi connectivity index (χ1) is 11.5. The Kier molecular flexibility index (Phi) is 5.08. The highest BCUT2D eigenvalue weighted by atomic mass is 35.5. The molecule has 0 saturated carbocycles. The first-order valence-electron chi connectivity index (χ1n) is 7.67. The van der Waals surface area contributed by atoms with Crippen molar-refractivity contribution in [3.8, 4) is 0 Å². The van der Waals surface area contributed by atoms with E-state index in [1.165, 1.54) is 22.5 Å². The van der Waals surface area contributed by atoms with Gasteiger partial charge in [0.15, 0.2) is 0 Å². The lowest BCUT2D eigenvalue weighted by Gasteiger charge is -2.35. The molecule has 1 heterocycles. The lowest BCUT2D eigenvalue weighted by atomic mass is 10.2. The van der Waals surface area contributed by atoms with Crippen LogP contribution in [0, 0.1) is 5.82 Å². The van der Waals surface area contributed by atoms with Crippen LogP contribution in [0.4, 0.5) is 10.1 Å². The molecule has 0 bridgehead atoms. The summed E-state index contributed by atoms with van der Waals surface area (Å²) in [6.45, 7) is 1.93. The summed E-state index contributed by atoms with van der Waals surface area (Å²) in [6, 6.07) is 13.2. The number of benzene rings is 2. The van der Waals surface area contributed by atoms with Crippen LogP contribution in [-0.4, -0.2) is 38.9 Å². The number of anilines is 1. The van der Waals surface area contributed by atoms with E-state index in [1.807, 2.05) is 24.3 Å². The third-order valence-electron chi connectivity index (χ3n) is 4.06. The van der Waals surface area contributed by atoms with Crippen LogP contribution in [0.1, 0.15) is 5.56 Å². The number of rotatable bonds is 4. The summed E-state index contributed by atoms with van der Waals surface area (Å²) in [6.07, 6.45) is 0. The second kappa shape index (κ2) is 7.09. The fourth-order valence-corrected chi connectivity index (χ4v) is 4.60. The maximum atomic E-state index is 13.2. The molecule has 128 valence electrons. The predicted molar refractivity (Wildman–Crippen MR) is 94.3 cm³/mol. The predicted octanol–water partition coefficient (Wildman–Crippen LogP) is 3.13. The topological polar surface area (TPSA) is 40.6 Å². The molecule has 0 amide bonds. The summed E-state index contributed by atoms with van der Waals surface area (Å²) in [5.41, 5.74) is 1.38. The van der Waals surface area contributed by atoms with Crippen molar-refractivity contribution in [3.05, 3.63) is 64.9 Å². The zero-order chi connectivity index (χ0) is 17.2. The quantitative estimate of drug-likeness (QED) is 0.832. The van der Waals surface area contributed by atoms with E-state index in [4.69, 9.17) is 11.6 Å². The molecule has 3 rings (SSSR count). The summed E-state index contributed by atoms with van der Waals surface area (Å²) in [5, 5.41) is 0.661. The molecule has 1 aliphatic heterocycles. The summed E-state index contributed by atoms with van der Waals surface area (Å²) in [4.78, 5) is 2.08. The Bertz CT molecular complexity index is 821. The number of para-hydroxylation sites is 1. The molecular formula is C17H18ClFN2O2S. The molecule has 0 unspecified atom stereocenters. The molecule has 24 heavy (non-hydrogen) atoms. The van der Waals surface area contributed by atoms with Crippen molar-refractivity contribution < 1.29 is 12.8 Å². The van der Waals surface area contributed by atoms with E-state index in [-0.39, 0.29) is 5.75 Å². The Hall–Kier alpha value is -1.63. The molecule has 0 radical (unpaired) electrons. The Morgan fingerprint density at radius 2 is 1.71 bits per heavy atom. The van der Waals surface area contributed by atoms with Crippen LogP contribution in [0.2, 0.25) is 5.02 Å². The Balaban J connectivity index is 1.66. The molecule has 0 aliphatic carbocycles. The van der Waals surface area contributed by atoms with Gasteiger partial charge < -0.3 is 4.90 Å². The fourth-order valence-electron chi connectivity index (χ4n) is 2.84. The molecule has 0 spiro atoms. The second-order valence-corrected chi connectivity index (χ2v) is 8.10. The van der Waals surface area contributed by atoms with Crippen molar-refractivity contribution in [1.29, 1.82) is 0 Å². The number of hydrogen-bond acceptors (Lipinski definition) is 3. The first kappa shape index (κ1) is 17.2. The number of nitrogens with zero attached hydrogens (tertiary/aromatic N) is 2.